The van der Waals surface area contributed by atoms with Gasteiger partial charge >= 0.3 is 0 Å². The van der Waals surface area contributed by atoms with Crippen molar-refractivity contribution in [1.29, 1.82) is 0 Å². The Balaban J connectivity index is 2.54. The highest BCUT2D eigenvalue weighted by atomic mass is 16.5. The Morgan fingerprint density at radius 1 is 0.833 bits per heavy atom. The molecule has 0 saturated heterocycles. The summed E-state index contributed by atoms with van der Waals surface area (Å²) >= 11 is 0. The molecular weight excluding hydrogens is 224 g/mol. The van der Waals surface area contributed by atoms with Gasteiger partial charge in [-0.2, -0.15) is 0 Å². The molecule has 0 bridgehead atoms. The summed E-state index contributed by atoms with van der Waals surface area (Å²) in [6.07, 6.45) is 0. The normalized spacial score (nSPS) is 10.9. The topological polar surface area (TPSA) is 29.5 Å². The SMILES string of the molecule is CCOc1c2ccccc2c(O)c2ccccc12. The first-order chi connectivity index (χ1) is 8.83. The second kappa shape index (κ2) is 4.22. The Morgan fingerprint density at radius 3 is 1.72 bits per heavy atom. The zero-order valence-corrected chi connectivity index (χ0v) is 10.2. The summed E-state index contributed by atoms with van der Waals surface area (Å²) in [5, 5.41) is 13.9. The molecule has 0 spiro atoms. The van der Waals surface area contributed by atoms with Crippen molar-refractivity contribution < 1.29 is 9.84 Å². The predicted molar refractivity (Wildman–Crippen MR) is 74.3 cm³/mol. The summed E-state index contributed by atoms with van der Waals surface area (Å²) in [6, 6.07) is 15.6. The Bertz CT molecular complexity index is 660. The van der Waals surface area contributed by atoms with E-state index in [1.165, 1.54) is 0 Å². The largest absolute Gasteiger partial charge is 0.507 e. The van der Waals surface area contributed by atoms with Crippen LogP contribution in [0.5, 0.6) is 11.5 Å². The van der Waals surface area contributed by atoms with Crippen molar-refractivity contribution in [3.05, 3.63) is 48.5 Å². The Labute approximate surface area is 105 Å². The summed E-state index contributed by atoms with van der Waals surface area (Å²) in [7, 11) is 0. The molecule has 2 heteroatoms. The lowest BCUT2D eigenvalue weighted by atomic mass is 10.0. The molecule has 0 aromatic heterocycles. The van der Waals surface area contributed by atoms with Crippen molar-refractivity contribution in [3.8, 4) is 11.5 Å². The maximum absolute atomic E-state index is 10.3. The van der Waals surface area contributed by atoms with Gasteiger partial charge in [0.25, 0.3) is 0 Å². The molecule has 0 amide bonds. The smallest absolute Gasteiger partial charge is 0.135 e. The van der Waals surface area contributed by atoms with E-state index >= 15 is 0 Å². The summed E-state index contributed by atoms with van der Waals surface area (Å²) < 4.78 is 5.78. The van der Waals surface area contributed by atoms with Crippen LogP contribution in [0.2, 0.25) is 0 Å². The number of benzene rings is 3. The lowest BCUT2D eigenvalue weighted by Crippen LogP contribution is -1.94. The van der Waals surface area contributed by atoms with Crippen LogP contribution in [-0.4, -0.2) is 11.7 Å². The standard InChI is InChI=1S/C16H14O2/c1-2-18-16-13-9-5-3-7-11(13)15(17)12-8-4-6-10-14(12)16/h3-10,17H,2H2,1H3. The van der Waals surface area contributed by atoms with E-state index in [9.17, 15) is 5.11 Å². The van der Waals surface area contributed by atoms with Gasteiger partial charge < -0.3 is 9.84 Å². The van der Waals surface area contributed by atoms with E-state index in [4.69, 9.17) is 4.74 Å². The van der Waals surface area contributed by atoms with E-state index in [1.54, 1.807) is 0 Å². The first-order valence-electron chi connectivity index (χ1n) is 6.08. The van der Waals surface area contributed by atoms with Gasteiger partial charge in [0.15, 0.2) is 0 Å². The van der Waals surface area contributed by atoms with E-state index in [1.807, 2.05) is 55.5 Å². The molecule has 18 heavy (non-hydrogen) atoms. The van der Waals surface area contributed by atoms with Crippen LogP contribution in [0.3, 0.4) is 0 Å². The molecule has 3 rings (SSSR count). The maximum atomic E-state index is 10.3. The molecule has 0 atom stereocenters. The molecule has 0 unspecified atom stereocenters. The number of phenolic OH excluding ortho intramolecular Hbond substituents is 1. The molecule has 1 N–H and O–H groups in total. The number of fused-ring (bicyclic) bond motifs is 2. The summed E-state index contributed by atoms with van der Waals surface area (Å²) in [5.74, 6) is 1.17. The van der Waals surface area contributed by atoms with Crippen molar-refractivity contribution in [1.82, 2.24) is 0 Å². The summed E-state index contributed by atoms with van der Waals surface area (Å²) in [5.41, 5.74) is 0. The van der Waals surface area contributed by atoms with Crippen LogP contribution in [0.4, 0.5) is 0 Å². The summed E-state index contributed by atoms with van der Waals surface area (Å²) in [6.45, 7) is 2.58. The van der Waals surface area contributed by atoms with Crippen molar-refractivity contribution in [2.45, 2.75) is 6.92 Å². The van der Waals surface area contributed by atoms with Gasteiger partial charge in [-0.3, -0.25) is 0 Å². The van der Waals surface area contributed by atoms with Crippen molar-refractivity contribution in [2.75, 3.05) is 6.61 Å². The number of rotatable bonds is 2. The average Bonchev–Trinajstić information content (AvgIpc) is 2.43. The van der Waals surface area contributed by atoms with Gasteiger partial charge in [0.2, 0.25) is 0 Å². The lowest BCUT2D eigenvalue weighted by molar-refractivity contribution is 0.348. The minimum Gasteiger partial charge on any atom is -0.507 e. The average molecular weight is 238 g/mol. The zero-order chi connectivity index (χ0) is 12.5. The third kappa shape index (κ3) is 1.50. The fraction of sp³-hybridized carbons (Fsp3) is 0.125. The second-order valence-corrected chi connectivity index (χ2v) is 4.20. The van der Waals surface area contributed by atoms with Gasteiger partial charge in [-0.25, -0.2) is 0 Å². The molecule has 0 aliphatic heterocycles. The number of aromatic hydroxyl groups is 1. The molecular formula is C16H14O2. The van der Waals surface area contributed by atoms with E-state index in [2.05, 4.69) is 0 Å². The highest BCUT2D eigenvalue weighted by Crippen LogP contribution is 2.41. The molecule has 0 heterocycles. The first kappa shape index (κ1) is 10.9. The van der Waals surface area contributed by atoms with Crippen molar-refractivity contribution in [2.24, 2.45) is 0 Å². The highest BCUT2D eigenvalue weighted by Gasteiger charge is 2.12. The van der Waals surface area contributed by atoms with Crippen LogP contribution >= 0.6 is 0 Å². The van der Waals surface area contributed by atoms with Crippen LogP contribution < -0.4 is 4.74 Å². The quantitative estimate of drug-likeness (QED) is 0.681. The minimum atomic E-state index is 0.324. The van der Waals surface area contributed by atoms with E-state index < -0.39 is 0 Å². The van der Waals surface area contributed by atoms with Crippen LogP contribution in [0.25, 0.3) is 21.5 Å². The van der Waals surface area contributed by atoms with Crippen molar-refractivity contribution >= 4 is 21.5 Å². The molecule has 90 valence electrons. The lowest BCUT2D eigenvalue weighted by Gasteiger charge is -2.13. The molecule has 0 saturated carbocycles. The third-order valence-corrected chi connectivity index (χ3v) is 3.14. The van der Waals surface area contributed by atoms with Gasteiger partial charge in [-0.05, 0) is 6.92 Å². The van der Waals surface area contributed by atoms with Crippen molar-refractivity contribution in [3.63, 3.8) is 0 Å². The minimum absolute atomic E-state index is 0.324. The fourth-order valence-corrected chi connectivity index (χ4v) is 2.37. The van der Waals surface area contributed by atoms with Crippen LogP contribution in [0.1, 0.15) is 6.92 Å². The molecule has 3 aromatic rings. The van der Waals surface area contributed by atoms with E-state index in [-0.39, 0.29) is 0 Å². The maximum Gasteiger partial charge on any atom is 0.135 e. The zero-order valence-electron chi connectivity index (χ0n) is 10.2. The number of hydrogen-bond acceptors (Lipinski definition) is 2. The van der Waals surface area contributed by atoms with Gasteiger partial charge in [-0.1, -0.05) is 48.5 Å². The molecule has 0 radical (unpaired) electrons. The van der Waals surface area contributed by atoms with Crippen LogP contribution in [0.15, 0.2) is 48.5 Å². The molecule has 0 aliphatic rings. The Kier molecular flexibility index (Phi) is 2.56. The molecule has 2 nitrogen and oxygen atoms in total. The van der Waals surface area contributed by atoms with Gasteiger partial charge in [0, 0.05) is 21.5 Å². The van der Waals surface area contributed by atoms with Gasteiger partial charge in [-0.15, -0.1) is 0 Å². The Hall–Kier alpha value is -2.22. The van der Waals surface area contributed by atoms with E-state index in [0.29, 0.717) is 12.4 Å². The number of ether oxygens (including phenoxy) is 1. The van der Waals surface area contributed by atoms with Gasteiger partial charge in [0.1, 0.15) is 11.5 Å². The van der Waals surface area contributed by atoms with Gasteiger partial charge in [0.05, 0.1) is 6.61 Å². The molecule has 0 aliphatic carbocycles. The van der Waals surface area contributed by atoms with E-state index in [0.717, 1.165) is 27.3 Å². The highest BCUT2D eigenvalue weighted by molar-refractivity contribution is 6.10. The van der Waals surface area contributed by atoms with Crippen LogP contribution in [-0.2, 0) is 0 Å². The molecule has 0 fully saturated rings. The summed E-state index contributed by atoms with van der Waals surface area (Å²) in [4.78, 5) is 0. The second-order valence-electron chi connectivity index (χ2n) is 4.20. The van der Waals surface area contributed by atoms with Crippen LogP contribution in [0, 0.1) is 0 Å². The monoisotopic (exact) mass is 238 g/mol. The number of hydrogen-bond donors (Lipinski definition) is 1. The first-order valence-corrected chi connectivity index (χ1v) is 6.08. The third-order valence-electron chi connectivity index (χ3n) is 3.14. The molecule has 3 aromatic carbocycles. The number of phenols is 1. The fourth-order valence-electron chi connectivity index (χ4n) is 2.37. The Morgan fingerprint density at radius 2 is 1.28 bits per heavy atom. The predicted octanol–water partition coefficient (Wildman–Crippen LogP) is 4.10.